The maximum Gasteiger partial charge on any atom is 0.243 e. The van der Waals surface area contributed by atoms with Crippen molar-refractivity contribution in [3.8, 4) is 0 Å². The average molecular weight is 302 g/mol. The number of nitrogens with one attached hydrogen (secondary N) is 1. The van der Waals surface area contributed by atoms with Crippen LogP contribution >= 0.6 is 11.3 Å². The van der Waals surface area contributed by atoms with Crippen LogP contribution in [-0.2, 0) is 16.6 Å². The lowest BCUT2D eigenvalue weighted by Crippen LogP contribution is -2.41. The standard InChI is InChI=1S/C13H22N2O2S2/c1-10-4-5-15(8-11(10)2)19(16,17)13-6-12(7-14-3)18-9-13/h6,9-11,14H,4-5,7-8H2,1-3H3. The predicted molar refractivity (Wildman–Crippen MR) is 78.8 cm³/mol. The molecule has 1 saturated heterocycles. The highest BCUT2D eigenvalue weighted by Gasteiger charge is 2.32. The van der Waals surface area contributed by atoms with Gasteiger partial charge in [-0.2, -0.15) is 4.31 Å². The highest BCUT2D eigenvalue weighted by atomic mass is 32.2. The molecule has 2 unspecified atom stereocenters. The van der Waals surface area contributed by atoms with Crippen molar-refractivity contribution in [1.82, 2.24) is 9.62 Å². The molecule has 108 valence electrons. The van der Waals surface area contributed by atoms with Gasteiger partial charge in [0.25, 0.3) is 0 Å². The summed E-state index contributed by atoms with van der Waals surface area (Å²) in [6.45, 7) is 6.33. The molecule has 6 heteroatoms. The zero-order chi connectivity index (χ0) is 14.0. The van der Waals surface area contributed by atoms with Crippen LogP contribution in [0, 0.1) is 11.8 Å². The summed E-state index contributed by atoms with van der Waals surface area (Å²) in [5.74, 6) is 1.03. The maximum absolute atomic E-state index is 12.6. The molecular formula is C13H22N2O2S2. The Morgan fingerprint density at radius 1 is 1.42 bits per heavy atom. The zero-order valence-electron chi connectivity index (χ0n) is 11.7. The Kier molecular flexibility index (Phi) is 4.66. The first-order chi connectivity index (χ1) is 8.95. The van der Waals surface area contributed by atoms with Gasteiger partial charge in [0.05, 0.1) is 4.90 Å². The quantitative estimate of drug-likeness (QED) is 0.927. The molecular weight excluding hydrogens is 280 g/mol. The van der Waals surface area contributed by atoms with Crippen LogP contribution in [0.25, 0.3) is 0 Å². The Morgan fingerprint density at radius 3 is 2.79 bits per heavy atom. The Labute approximate surface area is 119 Å². The Bertz CT molecular complexity index is 525. The highest BCUT2D eigenvalue weighted by Crippen LogP contribution is 2.29. The largest absolute Gasteiger partial charge is 0.315 e. The van der Waals surface area contributed by atoms with Crippen molar-refractivity contribution >= 4 is 21.4 Å². The normalized spacial score (nSPS) is 25.6. The molecule has 0 amide bonds. The van der Waals surface area contributed by atoms with Crippen LogP contribution in [-0.4, -0.2) is 32.9 Å². The zero-order valence-corrected chi connectivity index (χ0v) is 13.4. The van der Waals surface area contributed by atoms with E-state index in [1.54, 1.807) is 15.8 Å². The third-order valence-corrected chi connectivity index (χ3v) is 6.84. The molecule has 2 rings (SSSR count). The summed E-state index contributed by atoms with van der Waals surface area (Å²) in [4.78, 5) is 1.50. The summed E-state index contributed by atoms with van der Waals surface area (Å²) < 4.78 is 26.8. The van der Waals surface area contributed by atoms with Crippen LogP contribution < -0.4 is 5.32 Å². The SMILES string of the molecule is CNCc1cc(S(=O)(=O)N2CCC(C)C(C)C2)cs1. The number of rotatable bonds is 4. The molecule has 1 aliphatic rings. The summed E-state index contributed by atoms with van der Waals surface area (Å²) in [5, 5.41) is 4.80. The molecule has 0 saturated carbocycles. The Hall–Kier alpha value is -0.430. The molecule has 0 aliphatic carbocycles. The fourth-order valence-corrected chi connectivity index (χ4v) is 5.18. The van der Waals surface area contributed by atoms with E-state index in [9.17, 15) is 8.42 Å². The van der Waals surface area contributed by atoms with Crippen LogP contribution in [0.1, 0.15) is 25.1 Å². The van der Waals surface area contributed by atoms with Crippen molar-refractivity contribution in [2.75, 3.05) is 20.1 Å². The van der Waals surface area contributed by atoms with E-state index < -0.39 is 10.0 Å². The van der Waals surface area contributed by atoms with E-state index in [2.05, 4.69) is 19.2 Å². The van der Waals surface area contributed by atoms with Crippen LogP contribution in [0.3, 0.4) is 0 Å². The molecule has 19 heavy (non-hydrogen) atoms. The lowest BCUT2D eigenvalue weighted by Gasteiger charge is -2.34. The van der Waals surface area contributed by atoms with Crippen LogP contribution in [0.5, 0.6) is 0 Å². The Morgan fingerprint density at radius 2 is 2.16 bits per heavy atom. The molecule has 1 aliphatic heterocycles. The minimum atomic E-state index is -3.30. The maximum atomic E-state index is 12.6. The number of thiophene rings is 1. The van der Waals surface area contributed by atoms with E-state index in [4.69, 9.17) is 0 Å². The molecule has 1 aromatic heterocycles. The van der Waals surface area contributed by atoms with E-state index in [0.717, 1.165) is 11.3 Å². The predicted octanol–water partition coefficient (Wildman–Crippen LogP) is 2.13. The summed E-state index contributed by atoms with van der Waals surface area (Å²) in [7, 11) is -1.44. The summed E-state index contributed by atoms with van der Waals surface area (Å²) in [5.41, 5.74) is 0. The van der Waals surface area contributed by atoms with Gasteiger partial charge in [-0.05, 0) is 31.4 Å². The molecule has 0 spiro atoms. The van der Waals surface area contributed by atoms with Crippen molar-refractivity contribution in [3.63, 3.8) is 0 Å². The van der Waals surface area contributed by atoms with Gasteiger partial charge in [0.15, 0.2) is 0 Å². The van der Waals surface area contributed by atoms with E-state index in [1.807, 2.05) is 7.05 Å². The van der Waals surface area contributed by atoms with Gasteiger partial charge in [0, 0.05) is 29.9 Å². The number of sulfonamides is 1. The first-order valence-electron chi connectivity index (χ1n) is 6.67. The molecule has 1 aromatic rings. The lowest BCUT2D eigenvalue weighted by molar-refractivity contribution is 0.212. The van der Waals surface area contributed by atoms with E-state index in [0.29, 0.717) is 36.4 Å². The van der Waals surface area contributed by atoms with Gasteiger partial charge in [-0.3, -0.25) is 0 Å². The Balaban J connectivity index is 2.17. The highest BCUT2D eigenvalue weighted by molar-refractivity contribution is 7.89. The summed E-state index contributed by atoms with van der Waals surface area (Å²) in [6, 6.07) is 1.79. The second kappa shape index (κ2) is 5.91. The molecule has 0 aromatic carbocycles. The number of hydrogen-bond donors (Lipinski definition) is 1. The second-order valence-corrected chi connectivity index (χ2v) is 8.32. The second-order valence-electron chi connectivity index (χ2n) is 5.39. The van der Waals surface area contributed by atoms with Crippen LogP contribution in [0.15, 0.2) is 16.3 Å². The topological polar surface area (TPSA) is 49.4 Å². The van der Waals surface area contributed by atoms with Crippen molar-refractivity contribution in [3.05, 3.63) is 16.3 Å². The van der Waals surface area contributed by atoms with E-state index in [-0.39, 0.29) is 0 Å². The van der Waals surface area contributed by atoms with Crippen molar-refractivity contribution in [1.29, 1.82) is 0 Å². The third kappa shape index (κ3) is 3.18. The van der Waals surface area contributed by atoms with Crippen molar-refractivity contribution in [2.45, 2.75) is 31.7 Å². The number of hydrogen-bond acceptors (Lipinski definition) is 4. The fraction of sp³-hybridized carbons (Fsp3) is 0.692. The van der Waals surface area contributed by atoms with Gasteiger partial charge >= 0.3 is 0 Å². The summed E-state index contributed by atoms with van der Waals surface area (Å²) in [6.07, 6.45) is 0.952. The van der Waals surface area contributed by atoms with Crippen LogP contribution in [0.4, 0.5) is 0 Å². The van der Waals surface area contributed by atoms with E-state index in [1.165, 1.54) is 11.3 Å². The average Bonchev–Trinajstić information content (AvgIpc) is 2.82. The van der Waals surface area contributed by atoms with Gasteiger partial charge in [0.1, 0.15) is 0 Å². The first kappa shape index (κ1) is 15.0. The lowest BCUT2D eigenvalue weighted by atomic mass is 9.90. The molecule has 2 heterocycles. The van der Waals surface area contributed by atoms with Crippen LogP contribution in [0.2, 0.25) is 0 Å². The first-order valence-corrected chi connectivity index (χ1v) is 8.99. The minimum Gasteiger partial charge on any atom is -0.315 e. The fourth-order valence-electron chi connectivity index (χ4n) is 2.35. The minimum absolute atomic E-state index is 0.430. The molecule has 4 nitrogen and oxygen atoms in total. The van der Waals surface area contributed by atoms with E-state index >= 15 is 0 Å². The smallest absolute Gasteiger partial charge is 0.243 e. The summed E-state index contributed by atoms with van der Waals surface area (Å²) >= 11 is 1.50. The van der Waals surface area contributed by atoms with Gasteiger partial charge in [-0.15, -0.1) is 11.3 Å². The molecule has 0 bridgehead atoms. The van der Waals surface area contributed by atoms with Gasteiger partial charge in [-0.25, -0.2) is 8.42 Å². The molecule has 2 atom stereocenters. The third-order valence-electron chi connectivity index (χ3n) is 3.92. The van der Waals surface area contributed by atoms with Gasteiger partial charge in [-0.1, -0.05) is 13.8 Å². The van der Waals surface area contributed by atoms with Gasteiger partial charge in [0.2, 0.25) is 10.0 Å². The molecule has 0 radical (unpaired) electrons. The monoisotopic (exact) mass is 302 g/mol. The van der Waals surface area contributed by atoms with Crippen molar-refractivity contribution in [2.24, 2.45) is 11.8 Å². The number of nitrogens with zero attached hydrogens (tertiary/aromatic N) is 1. The van der Waals surface area contributed by atoms with Crippen molar-refractivity contribution < 1.29 is 8.42 Å². The molecule has 1 fully saturated rings. The van der Waals surface area contributed by atoms with Gasteiger partial charge < -0.3 is 5.32 Å². The number of piperidine rings is 1. The molecule has 1 N–H and O–H groups in total.